The van der Waals surface area contributed by atoms with Gasteiger partial charge in [0, 0.05) is 19.4 Å². The zero-order valence-corrected chi connectivity index (χ0v) is 54.3. The molecule has 10 heteroatoms. The molecular formula is C73H126NO8P. The lowest BCUT2D eigenvalue weighted by molar-refractivity contribution is -0.161. The predicted molar refractivity (Wildman–Crippen MR) is 358 cm³/mol. The van der Waals surface area contributed by atoms with Crippen LogP contribution in [0.1, 0.15) is 296 Å². The summed E-state index contributed by atoms with van der Waals surface area (Å²) in [5, 5.41) is 0. The van der Waals surface area contributed by atoms with Crippen LogP contribution in [-0.4, -0.2) is 49.3 Å². The van der Waals surface area contributed by atoms with Crippen LogP contribution in [0.15, 0.2) is 122 Å². The highest BCUT2D eigenvalue weighted by molar-refractivity contribution is 7.47. The fourth-order valence-corrected chi connectivity index (χ4v) is 10.2. The second-order valence-electron chi connectivity index (χ2n) is 22.3. The quantitative estimate of drug-likeness (QED) is 0.0264. The number of nitrogens with two attached hydrogens (primary N) is 1. The Morgan fingerprint density at radius 1 is 0.361 bits per heavy atom. The summed E-state index contributed by atoms with van der Waals surface area (Å²) in [4.78, 5) is 35.4. The van der Waals surface area contributed by atoms with Crippen molar-refractivity contribution in [3.8, 4) is 0 Å². The molecule has 0 radical (unpaired) electrons. The third kappa shape index (κ3) is 67.4. The number of carbonyl (C=O) groups is 2. The highest BCUT2D eigenvalue weighted by Crippen LogP contribution is 2.43. The maximum Gasteiger partial charge on any atom is 0.472 e. The van der Waals surface area contributed by atoms with Crippen molar-refractivity contribution in [1.29, 1.82) is 0 Å². The van der Waals surface area contributed by atoms with Crippen LogP contribution in [0.25, 0.3) is 0 Å². The Morgan fingerprint density at radius 2 is 0.627 bits per heavy atom. The largest absolute Gasteiger partial charge is 0.472 e. The van der Waals surface area contributed by atoms with Crippen molar-refractivity contribution in [1.82, 2.24) is 0 Å². The molecule has 0 aliphatic heterocycles. The van der Waals surface area contributed by atoms with E-state index in [0.717, 1.165) is 109 Å². The van der Waals surface area contributed by atoms with Gasteiger partial charge in [0.1, 0.15) is 6.61 Å². The highest BCUT2D eigenvalue weighted by atomic mass is 31.2. The van der Waals surface area contributed by atoms with Gasteiger partial charge in [-0.05, 0) is 103 Å². The Hall–Kier alpha value is -3.59. The molecule has 9 nitrogen and oxygen atoms in total. The summed E-state index contributed by atoms with van der Waals surface area (Å²) in [6, 6.07) is 0. The zero-order valence-electron chi connectivity index (χ0n) is 53.4. The van der Waals surface area contributed by atoms with Crippen molar-refractivity contribution in [2.45, 2.75) is 302 Å². The molecule has 0 bridgehead atoms. The first kappa shape index (κ1) is 79.4. The van der Waals surface area contributed by atoms with Crippen molar-refractivity contribution in [2.24, 2.45) is 5.73 Å². The minimum absolute atomic E-state index is 0.0488. The number of ether oxygens (including phenoxy) is 2. The molecule has 3 N–H and O–H groups in total. The normalized spacial score (nSPS) is 13.7. The van der Waals surface area contributed by atoms with Gasteiger partial charge >= 0.3 is 19.8 Å². The first-order chi connectivity index (χ1) is 40.8. The van der Waals surface area contributed by atoms with Crippen molar-refractivity contribution < 1.29 is 37.6 Å². The monoisotopic (exact) mass is 1180 g/mol. The maximum absolute atomic E-state index is 12.8. The number of hydrogen-bond acceptors (Lipinski definition) is 8. The summed E-state index contributed by atoms with van der Waals surface area (Å²) >= 11 is 0. The van der Waals surface area contributed by atoms with E-state index in [1.54, 1.807) is 0 Å². The van der Waals surface area contributed by atoms with Crippen LogP contribution in [0.3, 0.4) is 0 Å². The fraction of sp³-hybridized carbons (Fsp3) is 0.699. The molecule has 83 heavy (non-hydrogen) atoms. The summed E-state index contributed by atoms with van der Waals surface area (Å²) in [7, 11) is -4.40. The molecule has 0 fully saturated rings. The van der Waals surface area contributed by atoms with Gasteiger partial charge in [0.2, 0.25) is 0 Å². The van der Waals surface area contributed by atoms with Crippen LogP contribution in [0.5, 0.6) is 0 Å². The van der Waals surface area contributed by atoms with E-state index in [4.69, 9.17) is 24.3 Å². The van der Waals surface area contributed by atoms with Crippen LogP contribution in [0.2, 0.25) is 0 Å². The summed E-state index contributed by atoms with van der Waals surface area (Å²) in [6.07, 6.45) is 94.2. The van der Waals surface area contributed by atoms with Crippen LogP contribution in [0, 0.1) is 0 Å². The molecule has 0 rings (SSSR count). The smallest absolute Gasteiger partial charge is 0.462 e. The molecule has 0 saturated carbocycles. The van der Waals surface area contributed by atoms with E-state index in [1.165, 1.54) is 154 Å². The average molecular weight is 1180 g/mol. The topological polar surface area (TPSA) is 134 Å². The Morgan fingerprint density at radius 3 is 0.928 bits per heavy atom. The minimum atomic E-state index is -4.40. The molecule has 0 spiro atoms. The van der Waals surface area contributed by atoms with Gasteiger partial charge in [-0.3, -0.25) is 18.6 Å². The van der Waals surface area contributed by atoms with Crippen molar-refractivity contribution >= 4 is 19.8 Å². The van der Waals surface area contributed by atoms with Crippen LogP contribution in [-0.2, 0) is 32.7 Å². The third-order valence-electron chi connectivity index (χ3n) is 14.3. The molecule has 2 atom stereocenters. The van der Waals surface area contributed by atoms with Crippen LogP contribution < -0.4 is 5.73 Å². The summed E-state index contributed by atoms with van der Waals surface area (Å²) in [6.45, 7) is 3.54. The number of allylic oxidation sites excluding steroid dienone is 20. The van der Waals surface area contributed by atoms with Crippen LogP contribution in [0.4, 0.5) is 0 Å². The molecule has 0 aliphatic carbocycles. The van der Waals surface area contributed by atoms with Gasteiger partial charge in [0.15, 0.2) is 6.10 Å². The standard InChI is InChI=1S/C73H126NO8P/c1-3-5-7-9-11-13-15-17-19-21-23-25-27-29-31-33-34-35-36-38-39-41-43-45-47-49-51-53-55-57-59-61-63-65-72(75)79-69-71(70-81-83(77,78)80-68-67-74)82-73(76)66-64-62-60-58-56-54-52-50-48-46-44-42-40-37-32-30-28-26-24-22-20-18-16-14-12-10-8-6-4-2/h5-8,11-14,17-20,23-26,30,32,40,42,71H,3-4,9-10,15-16,21-22,27-29,31,33-39,41,43-70,74H2,1-2H3,(H,77,78)/b7-5-,8-6-,13-11-,14-12-,19-17-,20-18-,25-23-,26-24-,32-30-,42-40-. The molecular weight excluding hydrogens is 1050 g/mol. The number of unbranched alkanes of at least 4 members (excludes halogenated alkanes) is 30. The van der Waals surface area contributed by atoms with E-state index in [9.17, 15) is 19.0 Å². The van der Waals surface area contributed by atoms with Crippen molar-refractivity contribution in [2.75, 3.05) is 26.4 Å². The van der Waals surface area contributed by atoms with Gasteiger partial charge in [-0.1, -0.05) is 302 Å². The van der Waals surface area contributed by atoms with Gasteiger partial charge in [0.25, 0.3) is 0 Å². The van der Waals surface area contributed by atoms with Gasteiger partial charge < -0.3 is 20.1 Å². The molecule has 0 heterocycles. The molecule has 0 aromatic rings. The van der Waals surface area contributed by atoms with E-state index in [1.807, 2.05) is 0 Å². The number of rotatable bonds is 63. The number of esters is 2. The fourth-order valence-electron chi connectivity index (χ4n) is 9.40. The van der Waals surface area contributed by atoms with Gasteiger partial charge in [-0.2, -0.15) is 0 Å². The molecule has 0 aromatic carbocycles. The van der Waals surface area contributed by atoms with Crippen LogP contribution >= 0.6 is 7.82 Å². The Kier molecular flexibility index (Phi) is 64.6. The van der Waals surface area contributed by atoms with Crippen molar-refractivity contribution in [3.63, 3.8) is 0 Å². The predicted octanol–water partition coefficient (Wildman–Crippen LogP) is 22.3. The van der Waals surface area contributed by atoms with Gasteiger partial charge in [-0.25, -0.2) is 4.57 Å². The SMILES string of the molecule is CC/C=C\C/C=C\C/C=C\C/C=C\C/C=C\C/C=C\CCCCCCCCCCCCC(=O)OC(COC(=O)CCCCCCCCCCCCCCCCCCCCCC/C=C\C/C=C\C/C=C\C/C=C\CC)COP(=O)(O)OCCN. The Balaban J connectivity index is 3.90. The lowest BCUT2D eigenvalue weighted by Gasteiger charge is -2.19. The number of phosphoric acid groups is 1. The molecule has 0 aromatic heterocycles. The van der Waals surface area contributed by atoms with Gasteiger partial charge in [0.05, 0.1) is 13.2 Å². The molecule has 476 valence electrons. The average Bonchev–Trinajstić information content (AvgIpc) is 3.49. The number of hydrogen-bond donors (Lipinski definition) is 2. The second-order valence-corrected chi connectivity index (χ2v) is 23.7. The highest BCUT2D eigenvalue weighted by Gasteiger charge is 2.26. The lowest BCUT2D eigenvalue weighted by atomic mass is 10.0. The van der Waals surface area contributed by atoms with E-state index in [0.29, 0.717) is 6.42 Å². The van der Waals surface area contributed by atoms with Crippen molar-refractivity contribution in [3.05, 3.63) is 122 Å². The first-order valence-corrected chi connectivity index (χ1v) is 35.5. The molecule has 0 aliphatic rings. The zero-order chi connectivity index (χ0) is 60.1. The first-order valence-electron chi connectivity index (χ1n) is 34.0. The Labute approximate surface area is 511 Å². The van der Waals surface area contributed by atoms with E-state index < -0.39 is 26.5 Å². The number of carbonyl (C=O) groups excluding carboxylic acids is 2. The molecule has 0 amide bonds. The van der Waals surface area contributed by atoms with E-state index in [-0.39, 0.29) is 38.6 Å². The lowest BCUT2D eigenvalue weighted by Crippen LogP contribution is -2.29. The third-order valence-corrected chi connectivity index (χ3v) is 15.3. The maximum atomic E-state index is 12.8. The van der Waals surface area contributed by atoms with E-state index in [2.05, 4.69) is 135 Å². The minimum Gasteiger partial charge on any atom is -0.462 e. The van der Waals surface area contributed by atoms with Gasteiger partial charge in [-0.15, -0.1) is 0 Å². The number of phosphoric ester groups is 1. The molecule has 2 unspecified atom stereocenters. The molecule has 0 saturated heterocycles. The summed E-state index contributed by atoms with van der Waals surface area (Å²) in [5.74, 6) is -0.828. The summed E-state index contributed by atoms with van der Waals surface area (Å²) < 4.78 is 33.2. The summed E-state index contributed by atoms with van der Waals surface area (Å²) in [5.41, 5.74) is 5.40. The second kappa shape index (κ2) is 67.5. The Bertz CT molecular complexity index is 1770. The van der Waals surface area contributed by atoms with E-state index >= 15 is 0 Å².